The Kier molecular flexibility index (Phi) is 3.23. The Labute approximate surface area is 80.7 Å². The summed E-state index contributed by atoms with van der Waals surface area (Å²) in [6.45, 7) is 2.18. The molecule has 2 nitrogen and oxygen atoms in total. The average Bonchev–Trinajstić information content (AvgIpc) is 2.99. The van der Waals surface area contributed by atoms with Crippen molar-refractivity contribution in [3.05, 3.63) is 0 Å². The third-order valence-corrected chi connectivity index (χ3v) is 3.45. The number of piperidine rings is 1. The Balaban J connectivity index is 1.64. The zero-order chi connectivity index (χ0) is 9.10. The molecule has 0 spiro atoms. The van der Waals surface area contributed by atoms with Crippen LogP contribution in [0.15, 0.2) is 0 Å². The molecule has 1 aliphatic carbocycles. The monoisotopic (exact) mass is 183 g/mol. The van der Waals surface area contributed by atoms with Crippen molar-refractivity contribution in [2.24, 2.45) is 11.8 Å². The van der Waals surface area contributed by atoms with Gasteiger partial charge in [-0.1, -0.05) is 12.8 Å². The normalized spacial score (nSPS) is 31.6. The molecule has 1 aliphatic heterocycles. The molecule has 2 rings (SSSR count). The van der Waals surface area contributed by atoms with E-state index in [9.17, 15) is 5.11 Å². The molecule has 0 aromatic rings. The van der Waals surface area contributed by atoms with Gasteiger partial charge in [-0.05, 0) is 44.1 Å². The van der Waals surface area contributed by atoms with E-state index in [0.717, 1.165) is 25.4 Å². The Morgan fingerprint density at radius 3 is 2.77 bits per heavy atom. The van der Waals surface area contributed by atoms with Gasteiger partial charge in [-0.2, -0.15) is 0 Å². The molecule has 2 N–H and O–H groups in total. The molecule has 1 heterocycles. The summed E-state index contributed by atoms with van der Waals surface area (Å²) in [7, 11) is 0. The molecule has 2 aliphatic rings. The lowest BCUT2D eigenvalue weighted by Gasteiger charge is -2.27. The van der Waals surface area contributed by atoms with Crippen molar-refractivity contribution in [2.75, 3.05) is 13.1 Å². The topological polar surface area (TPSA) is 32.3 Å². The van der Waals surface area contributed by atoms with E-state index in [0.29, 0.717) is 5.92 Å². The Morgan fingerprint density at radius 2 is 2.15 bits per heavy atom. The van der Waals surface area contributed by atoms with Crippen LogP contribution in [0.5, 0.6) is 0 Å². The summed E-state index contributed by atoms with van der Waals surface area (Å²) in [4.78, 5) is 0. The second kappa shape index (κ2) is 4.43. The van der Waals surface area contributed by atoms with E-state index < -0.39 is 0 Å². The van der Waals surface area contributed by atoms with Crippen molar-refractivity contribution in [3.63, 3.8) is 0 Å². The van der Waals surface area contributed by atoms with Gasteiger partial charge in [0.05, 0.1) is 6.10 Å². The van der Waals surface area contributed by atoms with Crippen LogP contribution in [0.2, 0.25) is 0 Å². The molecule has 13 heavy (non-hydrogen) atoms. The lowest BCUT2D eigenvalue weighted by atomic mass is 9.91. The minimum Gasteiger partial charge on any atom is -0.393 e. The van der Waals surface area contributed by atoms with Crippen LogP contribution < -0.4 is 5.32 Å². The molecule has 2 unspecified atom stereocenters. The Hall–Kier alpha value is -0.0800. The van der Waals surface area contributed by atoms with Crippen LogP contribution in [-0.4, -0.2) is 24.3 Å². The maximum Gasteiger partial charge on any atom is 0.0580 e. The van der Waals surface area contributed by atoms with Crippen molar-refractivity contribution >= 4 is 0 Å². The highest BCUT2D eigenvalue weighted by atomic mass is 16.3. The van der Waals surface area contributed by atoms with E-state index in [1.54, 1.807) is 0 Å². The molecule has 2 heteroatoms. The SMILES string of the molecule is OC(CCC1CC1)C1CCCNC1. The van der Waals surface area contributed by atoms with Crippen molar-refractivity contribution in [3.8, 4) is 0 Å². The number of rotatable bonds is 4. The summed E-state index contributed by atoms with van der Waals surface area (Å²) in [5.41, 5.74) is 0. The van der Waals surface area contributed by atoms with Crippen LogP contribution in [0.3, 0.4) is 0 Å². The molecule has 0 aromatic heterocycles. The fourth-order valence-electron chi connectivity index (χ4n) is 2.26. The van der Waals surface area contributed by atoms with Gasteiger partial charge >= 0.3 is 0 Å². The fourth-order valence-corrected chi connectivity index (χ4v) is 2.26. The van der Waals surface area contributed by atoms with Crippen LogP contribution in [0.1, 0.15) is 38.5 Å². The summed E-state index contributed by atoms with van der Waals surface area (Å²) in [6, 6.07) is 0. The van der Waals surface area contributed by atoms with Gasteiger partial charge in [0.2, 0.25) is 0 Å². The molecule has 0 bridgehead atoms. The smallest absolute Gasteiger partial charge is 0.0580 e. The Bertz CT molecular complexity index is 150. The van der Waals surface area contributed by atoms with Crippen LogP contribution in [-0.2, 0) is 0 Å². The molecule has 2 atom stereocenters. The molecular weight excluding hydrogens is 162 g/mol. The van der Waals surface area contributed by atoms with Crippen molar-refractivity contribution in [1.82, 2.24) is 5.32 Å². The first kappa shape index (κ1) is 9.47. The van der Waals surface area contributed by atoms with Crippen LogP contribution >= 0.6 is 0 Å². The Morgan fingerprint density at radius 1 is 1.31 bits per heavy atom. The summed E-state index contributed by atoms with van der Waals surface area (Å²) < 4.78 is 0. The van der Waals surface area contributed by atoms with Crippen LogP contribution in [0, 0.1) is 11.8 Å². The third kappa shape index (κ3) is 2.96. The molecule has 0 amide bonds. The van der Waals surface area contributed by atoms with Crippen LogP contribution in [0.4, 0.5) is 0 Å². The van der Waals surface area contributed by atoms with Crippen molar-refractivity contribution in [1.29, 1.82) is 0 Å². The number of aliphatic hydroxyl groups is 1. The van der Waals surface area contributed by atoms with Gasteiger partial charge in [0.25, 0.3) is 0 Å². The number of hydrogen-bond donors (Lipinski definition) is 2. The van der Waals surface area contributed by atoms with E-state index in [1.165, 1.54) is 32.1 Å². The van der Waals surface area contributed by atoms with E-state index in [2.05, 4.69) is 5.32 Å². The summed E-state index contributed by atoms with van der Waals surface area (Å²) in [5, 5.41) is 13.3. The number of aliphatic hydroxyl groups excluding tert-OH is 1. The van der Waals surface area contributed by atoms with Crippen molar-refractivity contribution < 1.29 is 5.11 Å². The largest absolute Gasteiger partial charge is 0.393 e. The molecule has 76 valence electrons. The molecule has 0 radical (unpaired) electrons. The molecular formula is C11H21NO. The molecule has 1 saturated heterocycles. The minimum atomic E-state index is -0.0339. The zero-order valence-corrected chi connectivity index (χ0v) is 8.34. The predicted molar refractivity (Wildman–Crippen MR) is 53.6 cm³/mol. The first-order valence-electron chi connectivity index (χ1n) is 5.75. The van der Waals surface area contributed by atoms with Gasteiger partial charge in [-0.25, -0.2) is 0 Å². The van der Waals surface area contributed by atoms with E-state index >= 15 is 0 Å². The lowest BCUT2D eigenvalue weighted by molar-refractivity contribution is 0.0808. The minimum absolute atomic E-state index is 0.0339. The van der Waals surface area contributed by atoms with Gasteiger partial charge in [-0.3, -0.25) is 0 Å². The van der Waals surface area contributed by atoms with Gasteiger partial charge in [0.1, 0.15) is 0 Å². The quantitative estimate of drug-likeness (QED) is 0.693. The standard InChI is InChI=1S/C11H21NO/c13-11(6-5-9-3-4-9)10-2-1-7-12-8-10/h9-13H,1-8H2. The summed E-state index contributed by atoms with van der Waals surface area (Å²) in [6.07, 6.45) is 7.55. The summed E-state index contributed by atoms with van der Waals surface area (Å²) in [5.74, 6) is 1.50. The molecule has 0 aromatic carbocycles. The second-order valence-corrected chi connectivity index (χ2v) is 4.69. The average molecular weight is 183 g/mol. The maximum absolute atomic E-state index is 9.91. The van der Waals surface area contributed by atoms with Gasteiger partial charge in [-0.15, -0.1) is 0 Å². The van der Waals surface area contributed by atoms with E-state index in [4.69, 9.17) is 0 Å². The zero-order valence-electron chi connectivity index (χ0n) is 8.34. The first-order valence-corrected chi connectivity index (χ1v) is 5.75. The highest BCUT2D eigenvalue weighted by Crippen LogP contribution is 2.34. The van der Waals surface area contributed by atoms with Gasteiger partial charge in [0.15, 0.2) is 0 Å². The lowest BCUT2D eigenvalue weighted by Crippen LogP contribution is -2.36. The highest BCUT2D eigenvalue weighted by molar-refractivity contribution is 4.79. The third-order valence-electron chi connectivity index (χ3n) is 3.45. The van der Waals surface area contributed by atoms with E-state index in [1.807, 2.05) is 0 Å². The van der Waals surface area contributed by atoms with Crippen LogP contribution in [0.25, 0.3) is 0 Å². The van der Waals surface area contributed by atoms with E-state index in [-0.39, 0.29) is 6.10 Å². The first-order chi connectivity index (χ1) is 6.36. The highest BCUT2D eigenvalue weighted by Gasteiger charge is 2.25. The van der Waals surface area contributed by atoms with Gasteiger partial charge < -0.3 is 10.4 Å². The predicted octanol–water partition coefficient (Wildman–Crippen LogP) is 1.54. The molecule has 1 saturated carbocycles. The summed E-state index contributed by atoms with van der Waals surface area (Å²) >= 11 is 0. The molecule has 2 fully saturated rings. The maximum atomic E-state index is 9.91. The number of hydrogen-bond acceptors (Lipinski definition) is 2. The van der Waals surface area contributed by atoms with Crippen molar-refractivity contribution in [2.45, 2.75) is 44.6 Å². The van der Waals surface area contributed by atoms with Gasteiger partial charge in [0, 0.05) is 6.54 Å². The fraction of sp³-hybridized carbons (Fsp3) is 1.00. The second-order valence-electron chi connectivity index (χ2n) is 4.69. The number of nitrogens with one attached hydrogen (secondary N) is 1.